The van der Waals surface area contributed by atoms with E-state index in [9.17, 15) is 0 Å². The average molecular weight is 162 g/mol. The summed E-state index contributed by atoms with van der Waals surface area (Å²) >= 11 is 0. The topological polar surface area (TPSA) is 89.4 Å². The maximum Gasteiger partial charge on any atom is 0.291 e. The van der Waals surface area contributed by atoms with Crippen LogP contribution in [-0.4, -0.2) is 16.3 Å². The SMILES string of the molecule is NC1CCCCC1.O=[N+]([O-])O. The highest BCUT2D eigenvalue weighted by Crippen LogP contribution is 2.14. The summed E-state index contributed by atoms with van der Waals surface area (Å²) in [4.78, 5) is 8.36. The van der Waals surface area contributed by atoms with E-state index in [1.807, 2.05) is 0 Å². The van der Waals surface area contributed by atoms with Gasteiger partial charge in [-0.05, 0) is 12.8 Å². The summed E-state index contributed by atoms with van der Waals surface area (Å²) in [6.07, 6.45) is 6.66. The Bertz CT molecular complexity index is 108. The third-order valence-corrected chi connectivity index (χ3v) is 1.65. The Morgan fingerprint density at radius 2 is 1.73 bits per heavy atom. The zero-order valence-corrected chi connectivity index (χ0v) is 6.40. The van der Waals surface area contributed by atoms with Crippen LogP contribution in [-0.2, 0) is 0 Å². The molecule has 0 aromatic carbocycles. The minimum Gasteiger partial charge on any atom is -0.328 e. The van der Waals surface area contributed by atoms with Gasteiger partial charge in [0.15, 0.2) is 0 Å². The van der Waals surface area contributed by atoms with E-state index in [4.69, 9.17) is 21.1 Å². The molecule has 0 saturated heterocycles. The van der Waals surface area contributed by atoms with Crippen molar-refractivity contribution in [3.8, 4) is 0 Å². The van der Waals surface area contributed by atoms with Gasteiger partial charge < -0.3 is 10.9 Å². The van der Waals surface area contributed by atoms with Crippen LogP contribution in [0.2, 0.25) is 0 Å². The van der Waals surface area contributed by atoms with E-state index in [1.165, 1.54) is 32.1 Å². The normalized spacial score (nSPS) is 18.3. The Morgan fingerprint density at radius 1 is 1.36 bits per heavy atom. The standard InChI is InChI=1S/C6H13N.HNO3/c7-6-4-2-1-3-5-6;2-1(3)4/h6H,1-5,7H2;(H,2,3,4). The van der Waals surface area contributed by atoms with Crippen molar-refractivity contribution < 1.29 is 10.3 Å². The summed E-state index contributed by atoms with van der Waals surface area (Å²) in [5.74, 6) is 0. The zero-order chi connectivity index (χ0) is 8.69. The number of hydrogen-bond donors (Lipinski definition) is 2. The van der Waals surface area contributed by atoms with Gasteiger partial charge in [-0.3, -0.25) is 0 Å². The van der Waals surface area contributed by atoms with Gasteiger partial charge in [0.2, 0.25) is 0 Å². The van der Waals surface area contributed by atoms with Gasteiger partial charge >= 0.3 is 0 Å². The predicted molar refractivity (Wildman–Crippen MR) is 39.8 cm³/mol. The first-order chi connectivity index (χ1) is 5.13. The molecule has 5 nitrogen and oxygen atoms in total. The van der Waals surface area contributed by atoms with Crippen molar-refractivity contribution in [2.75, 3.05) is 0 Å². The summed E-state index contributed by atoms with van der Waals surface area (Å²) < 4.78 is 0. The minimum atomic E-state index is -1.50. The first-order valence-electron chi connectivity index (χ1n) is 3.71. The second-order valence-corrected chi connectivity index (χ2v) is 2.64. The van der Waals surface area contributed by atoms with Crippen LogP contribution in [0.3, 0.4) is 0 Å². The van der Waals surface area contributed by atoms with E-state index >= 15 is 0 Å². The predicted octanol–water partition coefficient (Wildman–Crippen LogP) is 0.930. The molecule has 0 aliphatic heterocycles. The molecule has 3 N–H and O–H groups in total. The van der Waals surface area contributed by atoms with Gasteiger partial charge in [-0.2, -0.15) is 0 Å². The van der Waals surface area contributed by atoms with E-state index in [0.717, 1.165) is 0 Å². The van der Waals surface area contributed by atoms with Crippen molar-refractivity contribution in [1.29, 1.82) is 0 Å². The smallest absolute Gasteiger partial charge is 0.291 e. The Kier molecular flexibility index (Phi) is 5.46. The van der Waals surface area contributed by atoms with Gasteiger partial charge in [0.05, 0.1) is 0 Å². The van der Waals surface area contributed by atoms with Crippen LogP contribution in [0, 0.1) is 10.1 Å². The number of nitrogens with two attached hydrogens (primary N) is 1. The Morgan fingerprint density at radius 3 is 1.91 bits per heavy atom. The highest BCUT2D eigenvalue weighted by Gasteiger charge is 2.06. The van der Waals surface area contributed by atoms with Crippen molar-refractivity contribution in [3.63, 3.8) is 0 Å². The van der Waals surface area contributed by atoms with Gasteiger partial charge in [-0.25, -0.2) is 0 Å². The van der Waals surface area contributed by atoms with Crippen LogP contribution in [0.15, 0.2) is 0 Å². The van der Waals surface area contributed by atoms with Crippen LogP contribution in [0.5, 0.6) is 0 Å². The highest BCUT2D eigenvalue weighted by molar-refractivity contribution is 4.66. The van der Waals surface area contributed by atoms with Crippen LogP contribution in [0.25, 0.3) is 0 Å². The fourth-order valence-electron chi connectivity index (χ4n) is 1.13. The molecule has 0 atom stereocenters. The maximum atomic E-state index is 8.36. The molecule has 1 fully saturated rings. The van der Waals surface area contributed by atoms with Crippen molar-refractivity contribution in [1.82, 2.24) is 0 Å². The lowest BCUT2D eigenvalue weighted by Gasteiger charge is -2.15. The molecular formula is C6H14N2O3. The summed E-state index contributed by atoms with van der Waals surface area (Å²) in [5, 5.41) is 13.6. The molecule has 0 spiro atoms. The van der Waals surface area contributed by atoms with Gasteiger partial charge in [-0.15, -0.1) is 10.1 Å². The number of nitrogens with zero attached hydrogens (tertiary/aromatic N) is 1. The third kappa shape index (κ3) is 9.16. The van der Waals surface area contributed by atoms with Crippen LogP contribution < -0.4 is 5.73 Å². The monoisotopic (exact) mass is 162 g/mol. The van der Waals surface area contributed by atoms with Gasteiger partial charge in [-0.1, -0.05) is 19.3 Å². The van der Waals surface area contributed by atoms with Crippen LogP contribution in [0.1, 0.15) is 32.1 Å². The summed E-state index contributed by atoms with van der Waals surface area (Å²) in [7, 11) is 0. The Hall–Kier alpha value is -0.840. The molecule has 0 radical (unpaired) electrons. The van der Waals surface area contributed by atoms with E-state index in [2.05, 4.69) is 0 Å². The Labute approximate surface area is 65.3 Å². The number of rotatable bonds is 0. The Balaban J connectivity index is 0.000000218. The van der Waals surface area contributed by atoms with Crippen LogP contribution >= 0.6 is 0 Å². The quantitative estimate of drug-likeness (QED) is 0.409. The van der Waals surface area contributed by atoms with Gasteiger partial charge in [0.25, 0.3) is 5.09 Å². The average Bonchev–Trinajstić information content (AvgIpc) is 1.87. The van der Waals surface area contributed by atoms with E-state index in [-0.39, 0.29) is 0 Å². The summed E-state index contributed by atoms with van der Waals surface area (Å²) in [5.41, 5.74) is 5.63. The zero-order valence-electron chi connectivity index (χ0n) is 6.40. The van der Waals surface area contributed by atoms with E-state index in [1.54, 1.807) is 0 Å². The number of hydrogen-bond acceptors (Lipinski definition) is 3. The molecule has 1 aliphatic carbocycles. The molecule has 0 unspecified atom stereocenters. The molecule has 11 heavy (non-hydrogen) atoms. The molecule has 1 rings (SSSR count). The molecule has 0 heterocycles. The molecule has 66 valence electrons. The second kappa shape index (κ2) is 5.91. The summed E-state index contributed by atoms with van der Waals surface area (Å²) in [6.45, 7) is 0. The van der Waals surface area contributed by atoms with Crippen molar-refractivity contribution in [2.24, 2.45) is 5.73 Å². The van der Waals surface area contributed by atoms with Crippen LogP contribution in [0.4, 0.5) is 0 Å². The molecule has 1 saturated carbocycles. The molecule has 0 aromatic heterocycles. The molecule has 1 aliphatic rings. The fraction of sp³-hybridized carbons (Fsp3) is 1.00. The molecule has 0 aromatic rings. The van der Waals surface area contributed by atoms with Crippen molar-refractivity contribution >= 4 is 0 Å². The molecule has 5 heteroatoms. The first-order valence-corrected chi connectivity index (χ1v) is 3.71. The summed E-state index contributed by atoms with van der Waals surface area (Å²) in [6, 6.07) is 0.536. The second-order valence-electron chi connectivity index (χ2n) is 2.64. The van der Waals surface area contributed by atoms with Gasteiger partial charge in [0, 0.05) is 6.04 Å². The van der Waals surface area contributed by atoms with Crippen molar-refractivity contribution in [2.45, 2.75) is 38.1 Å². The van der Waals surface area contributed by atoms with E-state index < -0.39 is 5.09 Å². The van der Waals surface area contributed by atoms with E-state index in [0.29, 0.717) is 6.04 Å². The lowest BCUT2D eigenvalue weighted by Crippen LogP contribution is -2.22. The lowest BCUT2D eigenvalue weighted by atomic mass is 9.97. The molecular weight excluding hydrogens is 148 g/mol. The molecule has 0 amide bonds. The maximum absolute atomic E-state index is 8.36. The minimum absolute atomic E-state index is 0.536. The van der Waals surface area contributed by atoms with Crippen molar-refractivity contribution in [3.05, 3.63) is 10.1 Å². The first kappa shape index (κ1) is 10.2. The fourth-order valence-corrected chi connectivity index (χ4v) is 1.13. The lowest BCUT2D eigenvalue weighted by molar-refractivity contribution is -0.742. The highest BCUT2D eigenvalue weighted by atomic mass is 16.9. The molecule has 0 bridgehead atoms. The largest absolute Gasteiger partial charge is 0.328 e. The third-order valence-electron chi connectivity index (χ3n) is 1.65. The van der Waals surface area contributed by atoms with Gasteiger partial charge in [0.1, 0.15) is 0 Å².